The minimum Gasteiger partial charge on any atom is -0.250 e. The molecule has 0 aliphatic carbocycles. The van der Waals surface area contributed by atoms with Crippen LogP contribution in [0.4, 0.5) is 0 Å². The number of fused-ring (bicyclic) bond motifs is 1. The first-order chi connectivity index (χ1) is 11.0. The molecule has 0 aromatic heterocycles. The van der Waals surface area contributed by atoms with E-state index < -0.39 is 0 Å². The Hall–Kier alpha value is -1.62. The fourth-order valence-electron chi connectivity index (χ4n) is 2.23. The normalized spacial score (nSPS) is 18.7. The van der Waals surface area contributed by atoms with Gasteiger partial charge in [0.05, 0.1) is 6.61 Å². The van der Waals surface area contributed by atoms with E-state index in [2.05, 4.69) is 43.1 Å². The maximum atomic E-state index is 4.71. The molecule has 0 amide bonds. The van der Waals surface area contributed by atoms with Crippen LogP contribution >= 0.6 is 0 Å². The molecule has 6 nitrogen and oxygen atoms in total. The lowest BCUT2D eigenvalue weighted by atomic mass is 10.0. The van der Waals surface area contributed by atoms with Crippen molar-refractivity contribution in [2.45, 2.75) is 44.9 Å². The van der Waals surface area contributed by atoms with E-state index in [1.165, 1.54) is 24.8 Å². The quantitative estimate of drug-likeness (QED) is 0.539. The third-order valence-electron chi connectivity index (χ3n) is 3.33. The summed E-state index contributed by atoms with van der Waals surface area (Å²) >= 11 is 0. The van der Waals surface area contributed by atoms with Crippen molar-refractivity contribution in [3.8, 4) is 12.0 Å². The molecule has 1 heterocycles. The van der Waals surface area contributed by atoms with Gasteiger partial charge >= 0.3 is 0 Å². The summed E-state index contributed by atoms with van der Waals surface area (Å²) < 4.78 is 0. The van der Waals surface area contributed by atoms with Crippen LogP contribution in [0.5, 0.6) is 0 Å². The highest BCUT2D eigenvalue weighted by Crippen LogP contribution is 2.13. The molecule has 22 heavy (non-hydrogen) atoms. The molecule has 0 spiro atoms. The molecule has 0 radical (unpaired) electrons. The molecule has 1 aromatic rings. The van der Waals surface area contributed by atoms with Crippen LogP contribution in [0.15, 0.2) is 24.3 Å². The van der Waals surface area contributed by atoms with Gasteiger partial charge in [-0.25, -0.2) is 9.78 Å². The van der Waals surface area contributed by atoms with Crippen LogP contribution in [0.3, 0.4) is 0 Å². The predicted octanol–water partition coefficient (Wildman–Crippen LogP) is 3.57. The fourth-order valence-corrected chi connectivity index (χ4v) is 2.23. The molecular weight excluding hydrogens is 288 g/mol. The first-order valence-electron chi connectivity index (χ1n) is 7.51. The third kappa shape index (κ3) is 6.89. The lowest BCUT2D eigenvalue weighted by Gasteiger charge is -2.05. The molecule has 0 N–H and O–H groups in total. The van der Waals surface area contributed by atoms with E-state index in [0.29, 0.717) is 6.61 Å². The SMILES string of the molecule is C1#Cc2ccccc2CCCCCCCCOOOOOO1. The predicted molar refractivity (Wildman–Crippen MR) is 76.1 cm³/mol. The average molecular weight is 308 g/mol. The zero-order chi connectivity index (χ0) is 15.3. The highest BCUT2D eigenvalue weighted by molar-refractivity contribution is 5.40. The summed E-state index contributed by atoms with van der Waals surface area (Å²) in [5.74, 6) is 2.86. The molecule has 1 aliphatic heterocycles. The molecule has 1 aliphatic rings. The largest absolute Gasteiger partial charge is 0.250 e. The summed E-state index contributed by atoms with van der Waals surface area (Å²) in [4.78, 5) is 9.20. The molecule has 0 fully saturated rings. The second-order valence-electron chi connectivity index (χ2n) is 4.93. The Bertz CT molecular complexity index is 479. The van der Waals surface area contributed by atoms with Crippen molar-refractivity contribution < 1.29 is 29.9 Å². The van der Waals surface area contributed by atoms with Crippen molar-refractivity contribution >= 4 is 0 Å². The first kappa shape index (κ1) is 16.7. The van der Waals surface area contributed by atoms with Gasteiger partial charge in [-0.2, -0.15) is 0 Å². The van der Waals surface area contributed by atoms with Gasteiger partial charge in [0, 0.05) is 15.6 Å². The van der Waals surface area contributed by atoms with E-state index in [9.17, 15) is 0 Å². The Morgan fingerprint density at radius 1 is 0.773 bits per heavy atom. The standard InChI is InChI=1S/C16H20O6/c1-2-4-8-13-17-19-21-22-20-18-14-12-16-11-7-6-10-15(16)9-5-3-1/h6-7,10-11H,1-5,8-9,13H2. The van der Waals surface area contributed by atoms with Gasteiger partial charge in [0.15, 0.2) is 6.11 Å². The van der Waals surface area contributed by atoms with Gasteiger partial charge in [-0.1, -0.05) is 43.9 Å². The maximum absolute atomic E-state index is 4.71. The molecule has 120 valence electrons. The summed E-state index contributed by atoms with van der Waals surface area (Å²) in [6.07, 6.45) is 10.1. The van der Waals surface area contributed by atoms with E-state index in [4.69, 9.17) is 4.89 Å². The topological polar surface area (TPSA) is 55.4 Å². The van der Waals surface area contributed by atoms with Gasteiger partial charge in [-0.3, -0.25) is 0 Å². The molecule has 0 unspecified atom stereocenters. The van der Waals surface area contributed by atoms with Crippen LogP contribution < -0.4 is 0 Å². The van der Waals surface area contributed by atoms with Crippen molar-refractivity contribution in [1.29, 1.82) is 0 Å². The summed E-state index contributed by atoms with van der Waals surface area (Å²) in [6.45, 7) is 0.428. The van der Waals surface area contributed by atoms with Crippen LogP contribution in [0.25, 0.3) is 0 Å². The maximum Gasteiger partial charge on any atom is 0.166 e. The van der Waals surface area contributed by atoms with Crippen LogP contribution in [0.2, 0.25) is 0 Å². The van der Waals surface area contributed by atoms with E-state index in [1.54, 1.807) is 0 Å². The van der Waals surface area contributed by atoms with Gasteiger partial charge in [0.1, 0.15) is 0 Å². The monoisotopic (exact) mass is 308 g/mol. The number of aryl methyl sites for hydroxylation is 1. The summed E-state index contributed by atoms with van der Waals surface area (Å²) in [6, 6.07) is 7.97. The number of benzene rings is 1. The molecule has 0 saturated heterocycles. The summed E-state index contributed by atoms with van der Waals surface area (Å²) in [7, 11) is 0. The van der Waals surface area contributed by atoms with Gasteiger partial charge in [0.2, 0.25) is 0 Å². The van der Waals surface area contributed by atoms with Crippen LogP contribution in [0.1, 0.15) is 49.7 Å². The van der Waals surface area contributed by atoms with Crippen LogP contribution in [0, 0.1) is 12.0 Å². The van der Waals surface area contributed by atoms with Crippen LogP contribution in [-0.2, 0) is 36.3 Å². The summed E-state index contributed by atoms with van der Waals surface area (Å²) in [5.41, 5.74) is 2.11. The Morgan fingerprint density at radius 2 is 1.55 bits per heavy atom. The molecule has 0 bridgehead atoms. The average Bonchev–Trinajstić information content (AvgIpc) is 2.55. The second kappa shape index (κ2) is 11.0. The Morgan fingerprint density at radius 3 is 2.50 bits per heavy atom. The lowest BCUT2D eigenvalue weighted by Crippen LogP contribution is -2.01. The minimum atomic E-state index is 0.428. The molecule has 0 atom stereocenters. The molecule has 6 heteroatoms. The highest BCUT2D eigenvalue weighted by atomic mass is 17.8. The van der Waals surface area contributed by atoms with Crippen LogP contribution in [-0.4, -0.2) is 6.61 Å². The highest BCUT2D eigenvalue weighted by Gasteiger charge is 2.00. The Balaban J connectivity index is 1.88. The van der Waals surface area contributed by atoms with Crippen molar-refractivity contribution in [3.05, 3.63) is 35.4 Å². The molecular formula is C16H20O6. The van der Waals surface area contributed by atoms with E-state index in [-0.39, 0.29) is 0 Å². The Kier molecular flexibility index (Phi) is 8.38. The Labute approximate surface area is 129 Å². The zero-order valence-corrected chi connectivity index (χ0v) is 12.4. The molecule has 0 saturated carbocycles. The van der Waals surface area contributed by atoms with Crippen molar-refractivity contribution in [2.75, 3.05) is 6.61 Å². The molecule has 2 rings (SSSR count). The van der Waals surface area contributed by atoms with Crippen molar-refractivity contribution in [3.63, 3.8) is 0 Å². The summed E-state index contributed by atoms with van der Waals surface area (Å²) in [5, 5.41) is 16.7. The van der Waals surface area contributed by atoms with E-state index in [1.807, 2.05) is 18.2 Å². The third-order valence-corrected chi connectivity index (χ3v) is 3.33. The van der Waals surface area contributed by atoms with Crippen molar-refractivity contribution in [2.24, 2.45) is 0 Å². The van der Waals surface area contributed by atoms with Gasteiger partial charge in [-0.05, 0) is 46.9 Å². The minimum absolute atomic E-state index is 0.428. The fraction of sp³-hybridized carbons (Fsp3) is 0.500. The van der Waals surface area contributed by atoms with Gasteiger partial charge in [-0.15, -0.1) is 0 Å². The lowest BCUT2D eigenvalue weighted by molar-refractivity contribution is -0.750. The number of hydrogen-bond donors (Lipinski definition) is 0. The molecule has 1 aromatic carbocycles. The number of hydrogen-bond acceptors (Lipinski definition) is 6. The zero-order valence-electron chi connectivity index (χ0n) is 12.4. The van der Waals surface area contributed by atoms with E-state index >= 15 is 0 Å². The van der Waals surface area contributed by atoms with E-state index in [0.717, 1.165) is 31.2 Å². The second-order valence-corrected chi connectivity index (χ2v) is 4.93. The number of rotatable bonds is 0. The van der Waals surface area contributed by atoms with Crippen molar-refractivity contribution in [1.82, 2.24) is 0 Å². The first-order valence-corrected chi connectivity index (χ1v) is 7.51. The van der Waals surface area contributed by atoms with Gasteiger partial charge in [0.25, 0.3) is 0 Å². The van der Waals surface area contributed by atoms with Gasteiger partial charge < -0.3 is 0 Å². The smallest absolute Gasteiger partial charge is 0.166 e.